The second-order valence-electron chi connectivity index (χ2n) is 2.75. The standard InChI is InChI=1S/C10H10Br2O2/c1-7(13)14-10-5-3-2-4-8(10)9(12)6-11/h2-5,9H,6H2,1H3. The second-order valence-corrected chi connectivity index (χ2v) is 4.51. The predicted octanol–water partition coefficient (Wildman–Crippen LogP) is 3.44. The minimum absolute atomic E-state index is 0.151. The van der Waals surface area contributed by atoms with Gasteiger partial charge in [-0.2, -0.15) is 0 Å². The molecule has 0 spiro atoms. The van der Waals surface area contributed by atoms with Crippen molar-refractivity contribution in [1.29, 1.82) is 0 Å². The highest BCUT2D eigenvalue weighted by atomic mass is 79.9. The highest BCUT2D eigenvalue weighted by Crippen LogP contribution is 2.32. The Morgan fingerprint density at radius 3 is 2.71 bits per heavy atom. The quantitative estimate of drug-likeness (QED) is 0.484. The van der Waals surface area contributed by atoms with E-state index in [9.17, 15) is 4.79 Å². The fraction of sp³-hybridized carbons (Fsp3) is 0.300. The van der Waals surface area contributed by atoms with E-state index in [1.54, 1.807) is 6.07 Å². The van der Waals surface area contributed by atoms with Crippen molar-refractivity contribution in [3.8, 4) is 5.75 Å². The zero-order chi connectivity index (χ0) is 10.6. The third kappa shape index (κ3) is 3.10. The van der Waals surface area contributed by atoms with Gasteiger partial charge in [0, 0.05) is 17.8 Å². The first kappa shape index (κ1) is 11.7. The number of esters is 1. The molecule has 0 aromatic heterocycles. The molecule has 0 radical (unpaired) electrons. The van der Waals surface area contributed by atoms with Gasteiger partial charge in [-0.1, -0.05) is 50.1 Å². The van der Waals surface area contributed by atoms with E-state index in [1.165, 1.54) is 6.92 Å². The van der Waals surface area contributed by atoms with Gasteiger partial charge in [-0.15, -0.1) is 0 Å². The van der Waals surface area contributed by atoms with Gasteiger partial charge in [-0.25, -0.2) is 0 Å². The number of hydrogen-bond acceptors (Lipinski definition) is 2. The molecule has 0 N–H and O–H groups in total. The van der Waals surface area contributed by atoms with Crippen molar-refractivity contribution in [2.75, 3.05) is 5.33 Å². The van der Waals surface area contributed by atoms with Crippen LogP contribution in [0, 0.1) is 0 Å². The summed E-state index contributed by atoms with van der Waals surface area (Å²) in [7, 11) is 0. The van der Waals surface area contributed by atoms with Crippen LogP contribution in [0.5, 0.6) is 5.75 Å². The Bertz CT molecular complexity index is 326. The fourth-order valence-electron chi connectivity index (χ4n) is 1.07. The van der Waals surface area contributed by atoms with E-state index >= 15 is 0 Å². The lowest BCUT2D eigenvalue weighted by Gasteiger charge is -2.11. The molecule has 0 aliphatic rings. The van der Waals surface area contributed by atoms with Crippen molar-refractivity contribution in [2.45, 2.75) is 11.8 Å². The number of hydrogen-bond donors (Lipinski definition) is 0. The normalized spacial score (nSPS) is 12.2. The van der Waals surface area contributed by atoms with Crippen molar-refractivity contribution in [2.24, 2.45) is 0 Å². The van der Waals surface area contributed by atoms with Gasteiger partial charge >= 0.3 is 5.97 Å². The summed E-state index contributed by atoms with van der Waals surface area (Å²) in [5.41, 5.74) is 0.972. The van der Waals surface area contributed by atoms with Gasteiger partial charge < -0.3 is 4.74 Å². The lowest BCUT2D eigenvalue weighted by atomic mass is 10.1. The molecule has 4 heteroatoms. The molecule has 0 saturated heterocycles. The third-order valence-corrected chi connectivity index (χ3v) is 3.98. The third-order valence-electron chi connectivity index (χ3n) is 1.65. The van der Waals surface area contributed by atoms with Gasteiger partial charge in [0.1, 0.15) is 5.75 Å². The highest BCUT2D eigenvalue weighted by Gasteiger charge is 2.12. The monoisotopic (exact) mass is 320 g/mol. The molecule has 0 heterocycles. The van der Waals surface area contributed by atoms with E-state index in [0.29, 0.717) is 5.75 Å². The topological polar surface area (TPSA) is 26.3 Å². The summed E-state index contributed by atoms with van der Waals surface area (Å²) in [6.45, 7) is 1.40. The molecule has 1 aromatic rings. The Balaban J connectivity index is 2.96. The number of rotatable bonds is 3. The number of para-hydroxylation sites is 1. The number of alkyl halides is 2. The summed E-state index contributed by atoms with van der Waals surface area (Å²) in [5, 5.41) is 0.769. The summed E-state index contributed by atoms with van der Waals surface area (Å²) in [4.78, 5) is 11.0. The largest absolute Gasteiger partial charge is 0.426 e. The first-order chi connectivity index (χ1) is 6.65. The van der Waals surface area contributed by atoms with Crippen LogP contribution in [0.4, 0.5) is 0 Å². The number of carbonyl (C=O) groups excluding carboxylic acids is 1. The summed E-state index contributed by atoms with van der Waals surface area (Å²) in [5.74, 6) is 0.313. The van der Waals surface area contributed by atoms with Crippen LogP contribution in [0.2, 0.25) is 0 Å². The molecule has 76 valence electrons. The maximum atomic E-state index is 10.8. The fourth-order valence-corrected chi connectivity index (χ4v) is 1.80. The van der Waals surface area contributed by atoms with Gasteiger partial charge in [0.15, 0.2) is 0 Å². The van der Waals surface area contributed by atoms with Crippen LogP contribution in [0.1, 0.15) is 17.3 Å². The van der Waals surface area contributed by atoms with Crippen LogP contribution in [0.3, 0.4) is 0 Å². The van der Waals surface area contributed by atoms with E-state index in [0.717, 1.165) is 10.9 Å². The first-order valence-corrected chi connectivity index (χ1v) is 6.16. The van der Waals surface area contributed by atoms with E-state index in [-0.39, 0.29) is 10.8 Å². The molecule has 14 heavy (non-hydrogen) atoms. The molecule has 0 bridgehead atoms. The van der Waals surface area contributed by atoms with E-state index in [4.69, 9.17) is 4.74 Å². The summed E-state index contributed by atoms with van der Waals surface area (Å²) >= 11 is 6.85. The first-order valence-electron chi connectivity index (χ1n) is 4.12. The van der Waals surface area contributed by atoms with Gasteiger partial charge in [-0.3, -0.25) is 4.79 Å². The minimum Gasteiger partial charge on any atom is -0.426 e. The van der Waals surface area contributed by atoms with Gasteiger partial charge in [-0.05, 0) is 6.07 Å². The number of ether oxygens (including phenoxy) is 1. The maximum absolute atomic E-state index is 10.8. The average molecular weight is 322 g/mol. The van der Waals surface area contributed by atoms with Crippen molar-refractivity contribution in [1.82, 2.24) is 0 Å². The van der Waals surface area contributed by atoms with Gasteiger partial charge in [0.2, 0.25) is 0 Å². The lowest BCUT2D eigenvalue weighted by Crippen LogP contribution is -2.05. The molecule has 0 saturated carbocycles. The Kier molecular flexibility index (Phi) is 4.62. The van der Waals surface area contributed by atoms with Crippen molar-refractivity contribution in [3.05, 3.63) is 29.8 Å². The molecule has 2 nitrogen and oxygen atoms in total. The van der Waals surface area contributed by atoms with Gasteiger partial charge in [0.05, 0.1) is 4.83 Å². The molecule has 0 aliphatic carbocycles. The van der Waals surface area contributed by atoms with Gasteiger partial charge in [0.25, 0.3) is 0 Å². The summed E-state index contributed by atoms with van der Waals surface area (Å²) in [6.07, 6.45) is 0. The Labute approximate surface area is 99.9 Å². The Hall–Kier alpha value is -0.350. The minimum atomic E-state index is -0.299. The highest BCUT2D eigenvalue weighted by molar-refractivity contribution is 9.12. The predicted molar refractivity (Wildman–Crippen MR) is 63.2 cm³/mol. The molecule has 0 amide bonds. The van der Waals surface area contributed by atoms with Crippen molar-refractivity contribution >= 4 is 37.8 Å². The molecule has 1 aromatic carbocycles. The van der Waals surface area contributed by atoms with Crippen molar-refractivity contribution < 1.29 is 9.53 Å². The van der Waals surface area contributed by atoms with Crippen LogP contribution in [-0.2, 0) is 4.79 Å². The number of benzene rings is 1. The number of carbonyl (C=O) groups is 1. The summed E-state index contributed by atoms with van der Waals surface area (Å²) < 4.78 is 5.08. The molecular weight excluding hydrogens is 312 g/mol. The van der Waals surface area contributed by atoms with Crippen LogP contribution in [0.25, 0.3) is 0 Å². The molecule has 1 unspecified atom stereocenters. The van der Waals surface area contributed by atoms with E-state index in [2.05, 4.69) is 31.9 Å². The number of halogens is 2. The SMILES string of the molecule is CC(=O)Oc1ccccc1C(Br)CBr. The zero-order valence-corrected chi connectivity index (χ0v) is 10.8. The van der Waals surface area contributed by atoms with Crippen LogP contribution < -0.4 is 4.74 Å². The van der Waals surface area contributed by atoms with Crippen LogP contribution in [0.15, 0.2) is 24.3 Å². The lowest BCUT2D eigenvalue weighted by molar-refractivity contribution is -0.131. The summed E-state index contributed by atoms with van der Waals surface area (Å²) in [6, 6.07) is 7.47. The average Bonchev–Trinajstić information content (AvgIpc) is 2.16. The Morgan fingerprint density at radius 1 is 1.50 bits per heavy atom. The van der Waals surface area contributed by atoms with Crippen LogP contribution in [-0.4, -0.2) is 11.3 Å². The van der Waals surface area contributed by atoms with Crippen LogP contribution >= 0.6 is 31.9 Å². The molecule has 1 rings (SSSR count). The van der Waals surface area contributed by atoms with Crippen molar-refractivity contribution in [3.63, 3.8) is 0 Å². The molecule has 1 atom stereocenters. The second kappa shape index (κ2) is 5.51. The smallest absolute Gasteiger partial charge is 0.308 e. The maximum Gasteiger partial charge on any atom is 0.308 e. The zero-order valence-electron chi connectivity index (χ0n) is 7.67. The molecular formula is C10H10Br2O2. The Morgan fingerprint density at radius 2 is 2.14 bits per heavy atom. The molecule has 0 aliphatic heterocycles. The molecule has 0 fully saturated rings. The van der Waals surface area contributed by atoms with E-state index < -0.39 is 0 Å². The van der Waals surface area contributed by atoms with E-state index in [1.807, 2.05) is 18.2 Å².